The Morgan fingerprint density at radius 2 is 2.21 bits per heavy atom. The van der Waals surface area contributed by atoms with Crippen molar-refractivity contribution in [3.8, 4) is 0 Å². The lowest BCUT2D eigenvalue weighted by molar-refractivity contribution is 0.0689. The molecule has 0 radical (unpaired) electrons. The minimum Gasteiger partial charge on any atom is -0.476 e. The summed E-state index contributed by atoms with van der Waals surface area (Å²) in [6.45, 7) is 2.26. The zero-order valence-electron chi connectivity index (χ0n) is 10.2. The highest BCUT2D eigenvalue weighted by molar-refractivity contribution is 7.17. The number of hydrogen-bond acceptors (Lipinski definition) is 4. The number of carboxylic acid groups (broad SMARTS) is 1. The smallest absolute Gasteiger partial charge is 0.358 e. The van der Waals surface area contributed by atoms with E-state index in [1.165, 1.54) is 10.1 Å². The van der Waals surface area contributed by atoms with Gasteiger partial charge in [-0.05, 0) is 29.3 Å². The molecule has 2 aromatic heterocycles. The lowest BCUT2D eigenvalue weighted by Crippen LogP contribution is -2.05. The number of fused-ring (bicyclic) bond motifs is 1. The highest BCUT2D eigenvalue weighted by Crippen LogP contribution is 2.26. The summed E-state index contributed by atoms with van der Waals surface area (Å²) >= 11 is 1.67. The van der Waals surface area contributed by atoms with Gasteiger partial charge in [-0.15, -0.1) is 16.4 Å². The fourth-order valence-corrected chi connectivity index (χ4v) is 2.98. The monoisotopic (exact) mass is 273 g/mol. The van der Waals surface area contributed by atoms with Crippen LogP contribution in [0.25, 0.3) is 10.1 Å². The average Bonchev–Trinajstić information content (AvgIpc) is 2.96. The Morgan fingerprint density at radius 3 is 2.95 bits per heavy atom. The molecule has 96 valence electrons. The molecular formula is C13H11N3O2S. The van der Waals surface area contributed by atoms with Crippen LogP contribution in [0.1, 0.15) is 21.7 Å². The Hall–Kier alpha value is -2.21. The number of nitrogens with zero attached hydrogens (tertiary/aromatic N) is 3. The van der Waals surface area contributed by atoms with E-state index in [1.54, 1.807) is 22.9 Å². The molecule has 0 saturated carbocycles. The van der Waals surface area contributed by atoms with Gasteiger partial charge in [-0.2, -0.15) is 0 Å². The molecule has 6 heteroatoms. The van der Waals surface area contributed by atoms with Crippen molar-refractivity contribution in [1.82, 2.24) is 15.0 Å². The predicted molar refractivity (Wildman–Crippen MR) is 72.6 cm³/mol. The Kier molecular flexibility index (Phi) is 2.79. The van der Waals surface area contributed by atoms with E-state index in [-0.39, 0.29) is 5.69 Å². The molecular weight excluding hydrogens is 262 g/mol. The summed E-state index contributed by atoms with van der Waals surface area (Å²) in [7, 11) is 0. The quantitative estimate of drug-likeness (QED) is 0.796. The summed E-state index contributed by atoms with van der Waals surface area (Å²) < 4.78 is 2.84. The van der Waals surface area contributed by atoms with E-state index in [0.29, 0.717) is 12.2 Å². The normalized spacial score (nSPS) is 11.0. The van der Waals surface area contributed by atoms with Crippen molar-refractivity contribution >= 4 is 27.4 Å². The number of hydrogen-bond donors (Lipinski definition) is 1. The van der Waals surface area contributed by atoms with Crippen LogP contribution in [0.3, 0.4) is 0 Å². The Morgan fingerprint density at radius 1 is 1.42 bits per heavy atom. The third-order valence-electron chi connectivity index (χ3n) is 3.07. The SMILES string of the molecule is Cc1c(C(=O)O)nnn1Cc1csc2ccccc12. The van der Waals surface area contributed by atoms with Crippen LogP contribution in [-0.4, -0.2) is 26.1 Å². The molecule has 0 unspecified atom stereocenters. The van der Waals surface area contributed by atoms with Gasteiger partial charge < -0.3 is 5.11 Å². The molecule has 0 aliphatic heterocycles. The van der Waals surface area contributed by atoms with E-state index >= 15 is 0 Å². The molecule has 3 aromatic rings. The van der Waals surface area contributed by atoms with Crippen LogP contribution in [0.5, 0.6) is 0 Å². The van der Waals surface area contributed by atoms with Crippen LogP contribution in [0.15, 0.2) is 29.6 Å². The molecule has 0 saturated heterocycles. The fraction of sp³-hybridized carbons (Fsp3) is 0.154. The maximum Gasteiger partial charge on any atom is 0.358 e. The second-order valence-corrected chi connectivity index (χ2v) is 5.15. The second kappa shape index (κ2) is 4.47. The molecule has 1 aromatic carbocycles. The topological polar surface area (TPSA) is 68.0 Å². The van der Waals surface area contributed by atoms with Crippen molar-refractivity contribution in [3.05, 3.63) is 46.6 Å². The second-order valence-electron chi connectivity index (χ2n) is 4.24. The summed E-state index contributed by atoms with van der Waals surface area (Å²) in [5, 5.41) is 19.8. The molecule has 1 N–H and O–H groups in total. The first-order valence-electron chi connectivity index (χ1n) is 5.75. The molecule has 5 nitrogen and oxygen atoms in total. The number of thiophene rings is 1. The first-order chi connectivity index (χ1) is 9.16. The highest BCUT2D eigenvalue weighted by Gasteiger charge is 2.15. The number of carboxylic acids is 1. The largest absolute Gasteiger partial charge is 0.476 e. The van der Waals surface area contributed by atoms with Crippen LogP contribution in [0.4, 0.5) is 0 Å². The van der Waals surface area contributed by atoms with Gasteiger partial charge in [-0.1, -0.05) is 23.4 Å². The first-order valence-corrected chi connectivity index (χ1v) is 6.63. The zero-order valence-corrected chi connectivity index (χ0v) is 11.0. The third-order valence-corrected chi connectivity index (χ3v) is 4.08. The minimum atomic E-state index is -1.04. The van der Waals surface area contributed by atoms with Gasteiger partial charge in [0.15, 0.2) is 5.69 Å². The third kappa shape index (κ3) is 2.00. The van der Waals surface area contributed by atoms with Crippen molar-refractivity contribution in [2.75, 3.05) is 0 Å². The van der Waals surface area contributed by atoms with Gasteiger partial charge >= 0.3 is 5.97 Å². The Labute approximate surface area is 113 Å². The summed E-state index contributed by atoms with van der Waals surface area (Å²) in [5.41, 5.74) is 1.72. The van der Waals surface area contributed by atoms with Gasteiger partial charge in [-0.3, -0.25) is 0 Å². The Balaban J connectivity index is 1.99. The van der Waals surface area contributed by atoms with Crippen LogP contribution in [-0.2, 0) is 6.54 Å². The van der Waals surface area contributed by atoms with Crippen LogP contribution >= 0.6 is 11.3 Å². The maximum atomic E-state index is 10.9. The fourth-order valence-electron chi connectivity index (χ4n) is 2.02. The van der Waals surface area contributed by atoms with Gasteiger partial charge in [0.1, 0.15) is 0 Å². The highest BCUT2D eigenvalue weighted by atomic mass is 32.1. The van der Waals surface area contributed by atoms with Crippen molar-refractivity contribution in [1.29, 1.82) is 0 Å². The van der Waals surface area contributed by atoms with Crippen molar-refractivity contribution in [3.63, 3.8) is 0 Å². The lowest BCUT2D eigenvalue weighted by Gasteiger charge is -2.02. The van der Waals surface area contributed by atoms with E-state index in [0.717, 1.165) is 5.56 Å². The van der Waals surface area contributed by atoms with E-state index in [4.69, 9.17) is 5.11 Å². The van der Waals surface area contributed by atoms with E-state index in [9.17, 15) is 4.79 Å². The summed E-state index contributed by atoms with van der Waals surface area (Å²) in [6.07, 6.45) is 0. The summed E-state index contributed by atoms with van der Waals surface area (Å²) in [5.74, 6) is -1.04. The molecule has 3 rings (SSSR count). The summed E-state index contributed by atoms with van der Waals surface area (Å²) in [4.78, 5) is 10.9. The maximum absolute atomic E-state index is 10.9. The van der Waals surface area contributed by atoms with Crippen LogP contribution < -0.4 is 0 Å². The molecule has 0 amide bonds. The molecule has 0 fully saturated rings. The average molecular weight is 273 g/mol. The number of aromatic nitrogens is 3. The standard InChI is InChI=1S/C13H11N3O2S/c1-8-12(13(17)18)14-15-16(8)6-9-7-19-11-5-3-2-4-10(9)11/h2-5,7H,6H2,1H3,(H,17,18). The number of aromatic carboxylic acids is 1. The van der Waals surface area contributed by atoms with Gasteiger partial charge in [0.25, 0.3) is 0 Å². The number of rotatable bonds is 3. The van der Waals surface area contributed by atoms with Gasteiger partial charge in [-0.25, -0.2) is 9.48 Å². The van der Waals surface area contributed by atoms with Crippen LogP contribution in [0.2, 0.25) is 0 Å². The number of carbonyl (C=O) groups is 1. The van der Waals surface area contributed by atoms with E-state index in [2.05, 4.69) is 27.8 Å². The molecule has 0 bridgehead atoms. The van der Waals surface area contributed by atoms with Crippen molar-refractivity contribution in [2.24, 2.45) is 0 Å². The molecule has 0 aliphatic rings. The first kappa shape index (κ1) is 11.9. The molecule has 2 heterocycles. The predicted octanol–water partition coefficient (Wildman–Crippen LogP) is 2.55. The van der Waals surface area contributed by atoms with Crippen LogP contribution in [0, 0.1) is 6.92 Å². The number of benzene rings is 1. The summed E-state index contributed by atoms with van der Waals surface area (Å²) in [6, 6.07) is 8.13. The van der Waals surface area contributed by atoms with Gasteiger partial charge in [0, 0.05) is 4.70 Å². The van der Waals surface area contributed by atoms with Gasteiger partial charge in [0.2, 0.25) is 0 Å². The van der Waals surface area contributed by atoms with Crippen molar-refractivity contribution < 1.29 is 9.90 Å². The lowest BCUT2D eigenvalue weighted by atomic mass is 10.2. The molecule has 0 aliphatic carbocycles. The minimum absolute atomic E-state index is 0.0135. The molecule has 0 atom stereocenters. The molecule has 19 heavy (non-hydrogen) atoms. The molecule has 0 spiro atoms. The van der Waals surface area contributed by atoms with Crippen molar-refractivity contribution in [2.45, 2.75) is 13.5 Å². The zero-order chi connectivity index (χ0) is 13.4. The van der Waals surface area contributed by atoms with Gasteiger partial charge in [0.05, 0.1) is 12.2 Å². The van der Waals surface area contributed by atoms with E-state index < -0.39 is 5.97 Å². The Bertz CT molecular complexity index is 760. The van der Waals surface area contributed by atoms with E-state index in [1.807, 2.05) is 12.1 Å².